The van der Waals surface area contributed by atoms with Gasteiger partial charge in [-0.1, -0.05) is 18.2 Å². The van der Waals surface area contributed by atoms with E-state index in [4.69, 9.17) is 4.99 Å². The maximum atomic E-state index is 4.72. The van der Waals surface area contributed by atoms with E-state index in [-0.39, 0.29) is 5.92 Å². The van der Waals surface area contributed by atoms with Gasteiger partial charge in [0.1, 0.15) is 5.84 Å². The summed E-state index contributed by atoms with van der Waals surface area (Å²) in [5, 5.41) is 0. The number of rotatable bonds is 0. The molecule has 88 valence electrons. The van der Waals surface area contributed by atoms with Crippen LogP contribution in [0.4, 0.5) is 5.69 Å². The lowest BCUT2D eigenvalue weighted by atomic mass is 9.86. The van der Waals surface area contributed by atoms with Gasteiger partial charge in [-0.2, -0.15) is 0 Å². The molecule has 0 saturated carbocycles. The van der Waals surface area contributed by atoms with Gasteiger partial charge in [0.2, 0.25) is 0 Å². The Labute approximate surface area is 105 Å². The van der Waals surface area contributed by atoms with Crippen LogP contribution in [-0.4, -0.2) is 11.5 Å². The summed E-state index contributed by atoms with van der Waals surface area (Å²) in [5.41, 5.74) is 11.8. The van der Waals surface area contributed by atoms with E-state index in [1.54, 1.807) is 0 Å². The highest BCUT2D eigenvalue weighted by Crippen LogP contribution is 2.41. The molecule has 0 amide bonds. The minimum absolute atomic E-state index is 0.193. The Bertz CT molecular complexity index is 664. The number of nitrogens with one attached hydrogen (secondary N) is 2. The standard InChI is InChI=1S/C14H12N4/c1-8-10-6-15-14-13(10)11(7-16-18-14)9-4-2-3-5-12(9)17-8/h2-7,13,16H,1H3,(H,15,18). The molecule has 3 aliphatic rings. The predicted molar refractivity (Wildman–Crippen MR) is 72.5 cm³/mol. The largest absolute Gasteiger partial charge is 0.307 e. The zero-order valence-corrected chi connectivity index (χ0v) is 9.94. The van der Waals surface area contributed by atoms with Gasteiger partial charge in [0.25, 0.3) is 0 Å². The van der Waals surface area contributed by atoms with E-state index in [0.29, 0.717) is 0 Å². The molecule has 3 aliphatic heterocycles. The van der Waals surface area contributed by atoms with E-state index in [9.17, 15) is 0 Å². The second-order valence-electron chi connectivity index (χ2n) is 4.62. The maximum absolute atomic E-state index is 4.72. The minimum atomic E-state index is 0.193. The molecular weight excluding hydrogens is 224 g/mol. The number of nitrogens with zero attached hydrogens (tertiary/aromatic N) is 2. The number of hydrazine groups is 1. The van der Waals surface area contributed by atoms with E-state index >= 15 is 0 Å². The quantitative estimate of drug-likeness (QED) is 0.725. The third-order valence-corrected chi connectivity index (χ3v) is 3.59. The number of fused-ring (bicyclic) bond motifs is 2. The Morgan fingerprint density at radius 2 is 2.06 bits per heavy atom. The Morgan fingerprint density at radius 3 is 3.00 bits per heavy atom. The number of hydrogen-bond donors (Lipinski definition) is 2. The van der Waals surface area contributed by atoms with Crippen molar-refractivity contribution in [2.45, 2.75) is 6.92 Å². The monoisotopic (exact) mass is 236 g/mol. The predicted octanol–water partition coefficient (Wildman–Crippen LogP) is 2.15. The first kappa shape index (κ1) is 9.65. The van der Waals surface area contributed by atoms with Crippen molar-refractivity contribution in [3.63, 3.8) is 0 Å². The van der Waals surface area contributed by atoms with Crippen LogP contribution in [0.3, 0.4) is 0 Å². The van der Waals surface area contributed by atoms with Crippen molar-refractivity contribution in [1.29, 1.82) is 0 Å². The molecule has 0 bridgehead atoms. The van der Waals surface area contributed by atoms with Crippen molar-refractivity contribution in [1.82, 2.24) is 10.9 Å². The highest BCUT2D eigenvalue weighted by molar-refractivity contribution is 6.15. The van der Waals surface area contributed by atoms with Crippen molar-refractivity contribution >= 4 is 22.8 Å². The molecule has 4 heteroatoms. The molecule has 1 aromatic rings. The summed E-state index contributed by atoms with van der Waals surface area (Å²) in [6.07, 6.45) is 3.92. The smallest absolute Gasteiger partial charge is 0.132 e. The van der Waals surface area contributed by atoms with E-state index in [2.05, 4.69) is 28.0 Å². The molecule has 1 unspecified atom stereocenters. The molecular formula is C14H12N4. The minimum Gasteiger partial charge on any atom is -0.307 e. The number of aliphatic imine (C=N–C) groups is 2. The summed E-state index contributed by atoms with van der Waals surface area (Å²) in [4.78, 5) is 9.15. The molecule has 18 heavy (non-hydrogen) atoms. The van der Waals surface area contributed by atoms with Crippen LogP contribution in [0, 0.1) is 5.92 Å². The Balaban J connectivity index is 2.03. The molecule has 0 fully saturated rings. The highest BCUT2D eigenvalue weighted by atomic mass is 15.4. The van der Waals surface area contributed by atoms with Gasteiger partial charge in [0.05, 0.1) is 11.6 Å². The molecule has 1 atom stereocenters. The first-order valence-electron chi connectivity index (χ1n) is 5.99. The van der Waals surface area contributed by atoms with Gasteiger partial charge in [-0.05, 0) is 18.6 Å². The molecule has 1 aromatic carbocycles. The molecule has 0 aliphatic carbocycles. The van der Waals surface area contributed by atoms with Gasteiger partial charge in [0, 0.05) is 29.2 Å². The molecule has 0 aromatic heterocycles. The van der Waals surface area contributed by atoms with Crippen molar-refractivity contribution in [3.05, 3.63) is 47.8 Å². The van der Waals surface area contributed by atoms with Crippen molar-refractivity contribution in [3.8, 4) is 0 Å². The zero-order chi connectivity index (χ0) is 12.1. The van der Waals surface area contributed by atoms with E-state index < -0.39 is 0 Å². The van der Waals surface area contributed by atoms with Crippen LogP contribution in [0.15, 0.2) is 52.2 Å². The van der Waals surface area contributed by atoms with Crippen LogP contribution in [-0.2, 0) is 0 Å². The topological polar surface area (TPSA) is 48.8 Å². The van der Waals surface area contributed by atoms with Gasteiger partial charge < -0.3 is 5.43 Å². The first-order valence-corrected chi connectivity index (χ1v) is 5.99. The molecule has 4 rings (SSSR count). The molecule has 0 saturated heterocycles. The summed E-state index contributed by atoms with van der Waals surface area (Å²) in [6.45, 7) is 2.05. The number of para-hydroxylation sites is 1. The summed E-state index contributed by atoms with van der Waals surface area (Å²) in [6, 6.07) is 8.24. The van der Waals surface area contributed by atoms with Gasteiger partial charge >= 0.3 is 0 Å². The molecule has 3 heterocycles. The van der Waals surface area contributed by atoms with Crippen LogP contribution < -0.4 is 10.9 Å². The van der Waals surface area contributed by atoms with Crippen molar-refractivity contribution in [2.75, 3.05) is 0 Å². The summed E-state index contributed by atoms with van der Waals surface area (Å²) < 4.78 is 0. The fourth-order valence-corrected chi connectivity index (χ4v) is 2.72. The number of amidine groups is 1. The normalized spacial score (nSPS) is 23.3. The van der Waals surface area contributed by atoms with E-state index in [1.165, 1.54) is 16.7 Å². The number of hydrogen-bond acceptors (Lipinski definition) is 4. The van der Waals surface area contributed by atoms with Gasteiger partial charge in [0.15, 0.2) is 0 Å². The average Bonchev–Trinajstić information content (AvgIpc) is 2.78. The molecule has 0 radical (unpaired) electrons. The van der Waals surface area contributed by atoms with Crippen LogP contribution in [0.25, 0.3) is 5.57 Å². The lowest BCUT2D eigenvalue weighted by Crippen LogP contribution is -2.42. The van der Waals surface area contributed by atoms with Crippen LogP contribution in [0.2, 0.25) is 0 Å². The zero-order valence-electron chi connectivity index (χ0n) is 9.94. The number of benzene rings is 1. The highest BCUT2D eigenvalue weighted by Gasteiger charge is 2.35. The SMILES string of the molecule is CC1=Nc2ccccc2C2=CNNC3=NC=C1C23. The van der Waals surface area contributed by atoms with Crippen LogP contribution in [0.5, 0.6) is 0 Å². The summed E-state index contributed by atoms with van der Waals surface area (Å²) >= 11 is 0. The van der Waals surface area contributed by atoms with Gasteiger partial charge in [-0.15, -0.1) is 0 Å². The second-order valence-corrected chi connectivity index (χ2v) is 4.62. The molecule has 2 N–H and O–H groups in total. The molecule has 0 spiro atoms. The third kappa shape index (κ3) is 1.14. The lowest BCUT2D eigenvalue weighted by molar-refractivity contribution is 0.766. The van der Waals surface area contributed by atoms with Crippen LogP contribution in [0.1, 0.15) is 12.5 Å². The summed E-state index contributed by atoms with van der Waals surface area (Å²) in [7, 11) is 0. The van der Waals surface area contributed by atoms with Crippen LogP contribution >= 0.6 is 0 Å². The molecule has 4 nitrogen and oxygen atoms in total. The fraction of sp³-hybridized carbons (Fsp3) is 0.143. The van der Waals surface area contributed by atoms with Crippen molar-refractivity contribution in [2.24, 2.45) is 15.9 Å². The fourth-order valence-electron chi connectivity index (χ4n) is 2.72. The van der Waals surface area contributed by atoms with Gasteiger partial charge in [-0.3, -0.25) is 10.4 Å². The van der Waals surface area contributed by atoms with E-state index in [0.717, 1.165) is 17.2 Å². The van der Waals surface area contributed by atoms with E-state index in [1.807, 2.05) is 31.5 Å². The first-order chi connectivity index (χ1) is 8.84. The Hall–Kier alpha value is -2.36. The lowest BCUT2D eigenvalue weighted by Gasteiger charge is -2.25. The Kier molecular flexibility index (Phi) is 1.78. The Morgan fingerprint density at radius 1 is 1.17 bits per heavy atom. The van der Waals surface area contributed by atoms with Gasteiger partial charge in [-0.25, -0.2) is 4.99 Å². The second kappa shape index (κ2) is 3.32. The summed E-state index contributed by atoms with van der Waals surface area (Å²) in [5.74, 6) is 1.15. The van der Waals surface area contributed by atoms with Crippen molar-refractivity contribution < 1.29 is 0 Å². The maximum Gasteiger partial charge on any atom is 0.132 e. The average molecular weight is 236 g/mol. The third-order valence-electron chi connectivity index (χ3n) is 3.59.